The lowest BCUT2D eigenvalue weighted by Crippen LogP contribution is -2.15. The fourth-order valence-electron chi connectivity index (χ4n) is 1.82. The Labute approximate surface area is 124 Å². The number of esters is 1. The van der Waals surface area contributed by atoms with Crippen molar-refractivity contribution < 1.29 is 23.8 Å². The summed E-state index contributed by atoms with van der Waals surface area (Å²) in [7, 11) is 1.19. The topological polar surface area (TPSA) is 68.5 Å². The summed E-state index contributed by atoms with van der Waals surface area (Å²) in [4.78, 5) is 23.6. The molecule has 21 heavy (non-hydrogen) atoms. The number of halogens is 2. The van der Waals surface area contributed by atoms with Gasteiger partial charge >= 0.3 is 5.97 Å². The van der Waals surface area contributed by atoms with Gasteiger partial charge in [-0.3, -0.25) is 4.79 Å². The summed E-state index contributed by atoms with van der Waals surface area (Å²) in [5.74, 6) is -1.86. The molecule has 110 valence electrons. The highest BCUT2D eigenvalue weighted by Crippen LogP contribution is 2.19. The summed E-state index contributed by atoms with van der Waals surface area (Å²) in [6.07, 6.45) is 1.23. The standard InChI is InChI=1S/C14H11ClFNO4/c1-21-14(20)12-5-9(18)6-17(12)7-13(19)8-2-3-11(16)10(15)4-8/h2-6,18H,7H2,1H3. The molecule has 0 saturated carbocycles. The predicted octanol–water partition coefficient (Wildman–Crippen LogP) is 2.66. The maximum absolute atomic E-state index is 13.1. The highest BCUT2D eigenvalue weighted by atomic mass is 35.5. The highest BCUT2D eigenvalue weighted by molar-refractivity contribution is 6.31. The maximum Gasteiger partial charge on any atom is 0.354 e. The van der Waals surface area contributed by atoms with E-state index in [9.17, 15) is 19.1 Å². The smallest absolute Gasteiger partial charge is 0.354 e. The van der Waals surface area contributed by atoms with Crippen LogP contribution < -0.4 is 0 Å². The largest absolute Gasteiger partial charge is 0.506 e. The van der Waals surface area contributed by atoms with Gasteiger partial charge in [-0.1, -0.05) is 11.6 Å². The molecule has 5 nitrogen and oxygen atoms in total. The van der Waals surface area contributed by atoms with Crippen LogP contribution in [0.3, 0.4) is 0 Å². The van der Waals surface area contributed by atoms with Gasteiger partial charge in [0.25, 0.3) is 0 Å². The number of ketones is 1. The number of carbonyl (C=O) groups is 2. The van der Waals surface area contributed by atoms with Crippen LogP contribution in [0.1, 0.15) is 20.8 Å². The van der Waals surface area contributed by atoms with E-state index in [2.05, 4.69) is 4.74 Å². The fraction of sp³-hybridized carbons (Fsp3) is 0.143. The third kappa shape index (κ3) is 3.22. The molecule has 0 aliphatic carbocycles. The van der Waals surface area contributed by atoms with Gasteiger partial charge in [0, 0.05) is 17.8 Å². The van der Waals surface area contributed by atoms with Crippen LogP contribution in [0.5, 0.6) is 5.75 Å². The van der Waals surface area contributed by atoms with Crippen molar-refractivity contribution in [3.8, 4) is 5.75 Å². The van der Waals surface area contributed by atoms with E-state index in [0.717, 1.165) is 6.07 Å². The number of hydrogen-bond acceptors (Lipinski definition) is 4. The quantitative estimate of drug-likeness (QED) is 0.696. The van der Waals surface area contributed by atoms with Gasteiger partial charge in [-0.05, 0) is 18.2 Å². The van der Waals surface area contributed by atoms with Crippen LogP contribution in [0.25, 0.3) is 0 Å². The number of carbonyl (C=O) groups excluding carboxylic acids is 2. The van der Waals surface area contributed by atoms with E-state index in [1.165, 1.54) is 36.1 Å². The van der Waals surface area contributed by atoms with Gasteiger partial charge in [0.1, 0.15) is 17.3 Å². The molecule has 0 saturated heterocycles. The van der Waals surface area contributed by atoms with Crippen molar-refractivity contribution in [2.45, 2.75) is 6.54 Å². The van der Waals surface area contributed by atoms with Gasteiger partial charge in [-0.2, -0.15) is 0 Å². The normalized spacial score (nSPS) is 10.4. The van der Waals surface area contributed by atoms with E-state index in [1.807, 2.05) is 0 Å². The van der Waals surface area contributed by atoms with Crippen molar-refractivity contribution >= 4 is 23.4 Å². The molecule has 0 aliphatic heterocycles. The van der Waals surface area contributed by atoms with E-state index in [4.69, 9.17) is 11.6 Å². The van der Waals surface area contributed by atoms with Crippen molar-refractivity contribution in [2.24, 2.45) is 0 Å². The zero-order valence-corrected chi connectivity index (χ0v) is 11.7. The summed E-state index contributed by atoms with van der Waals surface area (Å²) in [6.45, 7) is -0.215. The molecule has 0 radical (unpaired) electrons. The SMILES string of the molecule is COC(=O)c1cc(O)cn1CC(=O)c1ccc(F)c(Cl)c1. The summed E-state index contributed by atoms with van der Waals surface area (Å²) >= 11 is 5.62. The van der Waals surface area contributed by atoms with E-state index in [0.29, 0.717) is 0 Å². The molecular formula is C14H11ClFNO4. The van der Waals surface area contributed by atoms with Gasteiger partial charge in [-0.15, -0.1) is 0 Å². The van der Waals surface area contributed by atoms with Crippen molar-refractivity contribution in [2.75, 3.05) is 7.11 Å². The minimum atomic E-state index is -0.680. The molecule has 2 rings (SSSR count). The third-order valence-corrected chi connectivity index (χ3v) is 3.12. The van der Waals surface area contributed by atoms with Crippen molar-refractivity contribution in [1.29, 1.82) is 0 Å². The average molecular weight is 312 g/mol. The van der Waals surface area contributed by atoms with Gasteiger partial charge in [-0.25, -0.2) is 9.18 Å². The first-order chi connectivity index (χ1) is 9.92. The van der Waals surface area contributed by atoms with Gasteiger partial charge in [0.15, 0.2) is 5.78 Å². The molecule has 1 aromatic heterocycles. The lowest BCUT2D eigenvalue weighted by molar-refractivity contribution is 0.0588. The van der Waals surface area contributed by atoms with E-state index in [1.54, 1.807) is 0 Å². The molecule has 0 spiro atoms. The Balaban J connectivity index is 2.27. The molecule has 7 heteroatoms. The Bertz CT molecular complexity index is 711. The van der Waals surface area contributed by atoms with Crippen molar-refractivity contribution in [3.63, 3.8) is 0 Å². The van der Waals surface area contributed by atoms with Crippen LogP contribution >= 0.6 is 11.6 Å². The van der Waals surface area contributed by atoms with Gasteiger partial charge in [0.05, 0.1) is 18.7 Å². The monoisotopic (exact) mass is 311 g/mol. The van der Waals surface area contributed by atoms with Gasteiger partial charge < -0.3 is 14.4 Å². The molecule has 1 heterocycles. The Kier molecular flexibility index (Phi) is 4.28. The number of aromatic nitrogens is 1. The number of ether oxygens (including phenoxy) is 1. The van der Waals surface area contributed by atoms with Crippen LogP contribution in [0.2, 0.25) is 5.02 Å². The molecule has 0 fully saturated rings. The highest BCUT2D eigenvalue weighted by Gasteiger charge is 2.17. The van der Waals surface area contributed by atoms with Crippen LogP contribution in [0.15, 0.2) is 30.5 Å². The van der Waals surface area contributed by atoms with E-state index >= 15 is 0 Å². The number of aromatic hydroxyl groups is 1. The molecule has 2 aromatic rings. The number of rotatable bonds is 4. The Morgan fingerprint density at radius 2 is 2.10 bits per heavy atom. The first kappa shape index (κ1) is 15.1. The minimum Gasteiger partial charge on any atom is -0.506 e. The second kappa shape index (κ2) is 5.97. The Morgan fingerprint density at radius 3 is 2.71 bits per heavy atom. The molecule has 0 bridgehead atoms. The zero-order chi connectivity index (χ0) is 15.6. The summed E-state index contributed by atoms with van der Waals surface area (Å²) in [5.41, 5.74) is 0.238. The van der Waals surface area contributed by atoms with Crippen LogP contribution in [-0.4, -0.2) is 28.5 Å². The lowest BCUT2D eigenvalue weighted by Gasteiger charge is -2.07. The van der Waals surface area contributed by atoms with Crippen molar-refractivity contribution in [3.05, 3.63) is 52.6 Å². The van der Waals surface area contributed by atoms with Crippen LogP contribution in [-0.2, 0) is 11.3 Å². The molecule has 1 aromatic carbocycles. The summed E-state index contributed by atoms with van der Waals surface area (Å²) in [5, 5.41) is 9.27. The third-order valence-electron chi connectivity index (χ3n) is 2.83. The van der Waals surface area contributed by atoms with Gasteiger partial charge in [0.2, 0.25) is 0 Å². The predicted molar refractivity (Wildman–Crippen MR) is 73.2 cm³/mol. The number of methoxy groups -OCH3 is 1. The maximum atomic E-state index is 13.1. The molecule has 0 aliphatic rings. The molecular weight excluding hydrogens is 301 g/mol. The van der Waals surface area contributed by atoms with Crippen LogP contribution in [0, 0.1) is 5.82 Å². The summed E-state index contributed by atoms with van der Waals surface area (Å²) < 4.78 is 18.9. The lowest BCUT2D eigenvalue weighted by atomic mass is 10.1. The first-order valence-electron chi connectivity index (χ1n) is 5.88. The molecule has 1 N–H and O–H groups in total. The van der Waals surface area contributed by atoms with E-state index < -0.39 is 17.6 Å². The fourth-order valence-corrected chi connectivity index (χ4v) is 2.00. The first-order valence-corrected chi connectivity index (χ1v) is 6.26. The van der Waals surface area contributed by atoms with E-state index in [-0.39, 0.29) is 28.6 Å². The number of Topliss-reactive ketones (excluding diaryl/α,β-unsaturated/α-hetero) is 1. The molecule has 0 amide bonds. The second-order valence-corrected chi connectivity index (χ2v) is 4.66. The average Bonchev–Trinajstić information content (AvgIpc) is 2.81. The summed E-state index contributed by atoms with van der Waals surface area (Å²) in [6, 6.07) is 4.78. The second-order valence-electron chi connectivity index (χ2n) is 4.26. The Hall–Kier alpha value is -2.34. The number of benzene rings is 1. The number of hydrogen-bond donors (Lipinski definition) is 1. The van der Waals surface area contributed by atoms with Crippen LogP contribution in [0.4, 0.5) is 4.39 Å². The van der Waals surface area contributed by atoms with Crippen molar-refractivity contribution in [1.82, 2.24) is 4.57 Å². The molecule has 0 atom stereocenters. The number of nitrogens with zero attached hydrogens (tertiary/aromatic N) is 1. The minimum absolute atomic E-state index is 0.0385. The molecule has 0 unspecified atom stereocenters. The zero-order valence-electron chi connectivity index (χ0n) is 11.0. The Morgan fingerprint density at radius 1 is 1.38 bits per heavy atom.